The van der Waals surface area contributed by atoms with E-state index in [1.54, 1.807) is 37.4 Å². The van der Waals surface area contributed by atoms with Crippen molar-refractivity contribution in [1.29, 1.82) is 0 Å². The molecule has 3 aromatic carbocycles. The number of amides is 2. The van der Waals surface area contributed by atoms with Crippen molar-refractivity contribution in [1.82, 2.24) is 16.2 Å². The van der Waals surface area contributed by atoms with Gasteiger partial charge in [0, 0.05) is 4.47 Å². The molecule has 2 amide bonds. The number of methoxy groups -OCH3 is 1. The zero-order chi connectivity index (χ0) is 23.1. The molecular weight excluding hydrogens is 562 g/mol. The van der Waals surface area contributed by atoms with Crippen molar-refractivity contribution < 1.29 is 19.1 Å². The van der Waals surface area contributed by atoms with Gasteiger partial charge in [-0.05, 0) is 74.8 Å². The van der Waals surface area contributed by atoms with E-state index in [1.807, 2.05) is 24.3 Å². The van der Waals surface area contributed by atoms with Crippen molar-refractivity contribution in [2.24, 2.45) is 0 Å². The maximum Gasteiger partial charge on any atom is 0.264 e. The third-order valence-corrected chi connectivity index (χ3v) is 5.85. The fourth-order valence-corrected chi connectivity index (χ4v) is 3.94. The minimum atomic E-state index is -0.463. The Morgan fingerprint density at radius 1 is 0.969 bits per heavy atom. The van der Waals surface area contributed by atoms with Gasteiger partial charge >= 0.3 is 0 Å². The second-order valence-corrected chi connectivity index (χ2v) is 8.72. The molecule has 10 heteroatoms. The average Bonchev–Trinajstić information content (AvgIpc) is 2.77. The Morgan fingerprint density at radius 3 is 2.44 bits per heavy atom. The summed E-state index contributed by atoms with van der Waals surface area (Å²) in [5.74, 6) is 0.466. The molecular formula is C22H19Br2N3O4S. The fourth-order valence-electron chi connectivity index (χ4n) is 2.79. The molecule has 0 heterocycles. The lowest BCUT2D eigenvalue weighted by Crippen LogP contribution is -2.49. The normalized spacial score (nSPS) is 10.3. The Bertz CT molecular complexity index is 1160. The van der Waals surface area contributed by atoms with Crippen LogP contribution in [0, 0.1) is 0 Å². The van der Waals surface area contributed by atoms with Gasteiger partial charge in [0.2, 0.25) is 5.91 Å². The molecule has 0 atom stereocenters. The number of ether oxygens (including phenoxy) is 2. The molecule has 0 aliphatic carbocycles. The van der Waals surface area contributed by atoms with Crippen LogP contribution in [-0.4, -0.2) is 30.6 Å². The first-order valence-corrected chi connectivity index (χ1v) is 11.4. The van der Waals surface area contributed by atoms with Crippen molar-refractivity contribution in [3.8, 4) is 11.5 Å². The van der Waals surface area contributed by atoms with E-state index in [9.17, 15) is 9.59 Å². The Labute approximate surface area is 207 Å². The van der Waals surface area contributed by atoms with Crippen LogP contribution in [0.15, 0.2) is 63.5 Å². The van der Waals surface area contributed by atoms with E-state index in [0.29, 0.717) is 11.5 Å². The Balaban J connectivity index is 1.44. The third kappa shape index (κ3) is 6.65. The standard InChI is InChI=1S/C22H19Br2N3O4S/c1-30-16-6-2-13(3-7-16)10-19(28)26-27-22(32)25-20(29)12-31-18-9-4-14-11-15(23)5-8-17(14)21(18)24/h2-9,11H,10,12H2,1H3,(H,26,28)(H2,25,27,29,32). The second-order valence-electron chi connectivity index (χ2n) is 6.61. The highest BCUT2D eigenvalue weighted by Gasteiger charge is 2.11. The van der Waals surface area contributed by atoms with Gasteiger partial charge in [-0.15, -0.1) is 0 Å². The highest BCUT2D eigenvalue weighted by atomic mass is 79.9. The van der Waals surface area contributed by atoms with Gasteiger partial charge < -0.3 is 9.47 Å². The van der Waals surface area contributed by atoms with Crippen LogP contribution in [0.2, 0.25) is 0 Å². The molecule has 0 aromatic heterocycles. The second kappa shape index (κ2) is 11.3. The van der Waals surface area contributed by atoms with E-state index in [2.05, 4.69) is 48.0 Å². The van der Waals surface area contributed by atoms with Crippen LogP contribution in [0.4, 0.5) is 0 Å². The maximum absolute atomic E-state index is 12.1. The number of benzene rings is 3. The number of thiocarbonyl (C=S) groups is 1. The molecule has 0 spiro atoms. The fraction of sp³-hybridized carbons (Fsp3) is 0.136. The van der Waals surface area contributed by atoms with Crippen molar-refractivity contribution in [2.45, 2.75) is 6.42 Å². The zero-order valence-corrected chi connectivity index (χ0v) is 20.9. The Hall–Kier alpha value is -2.69. The van der Waals surface area contributed by atoms with Gasteiger partial charge in [0.15, 0.2) is 11.7 Å². The number of nitrogens with one attached hydrogen (secondary N) is 3. The predicted octanol–water partition coefficient (Wildman–Crippen LogP) is 4.02. The molecule has 0 aliphatic heterocycles. The molecule has 0 radical (unpaired) electrons. The monoisotopic (exact) mass is 579 g/mol. The molecule has 3 rings (SSSR count). The molecule has 0 saturated heterocycles. The molecule has 0 aliphatic rings. The van der Waals surface area contributed by atoms with Crippen LogP contribution >= 0.6 is 44.1 Å². The van der Waals surface area contributed by atoms with E-state index in [1.165, 1.54) is 0 Å². The lowest BCUT2D eigenvalue weighted by atomic mass is 10.1. The first-order chi connectivity index (χ1) is 15.4. The van der Waals surface area contributed by atoms with Gasteiger partial charge in [0.05, 0.1) is 18.0 Å². The lowest BCUT2D eigenvalue weighted by Gasteiger charge is -2.13. The molecule has 0 fully saturated rings. The van der Waals surface area contributed by atoms with Crippen molar-refractivity contribution in [3.63, 3.8) is 0 Å². The SMILES string of the molecule is COc1ccc(CC(=O)NNC(=S)NC(=O)COc2ccc3cc(Br)ccc3c2Br)cc1. The number of carbonyl (C=O) groups excluding carboxylic acids is 2. The molecule has 0 bridgehead atoms. The molecule has 3 aromatic rings. The maximum atomic E-state index is 12.1. The Kier molecular flexibility index (Phi) is 8.43. The first-order valence-electron chi connectivity index (χ1n) is 9.38. The summed E-state index contributed by atoms with van der Waals surface area (Å²) in [5, 5.41) is 4.40. The molecule has 0 unspecified atom stereocenters. The minimum Gasteiger partial charge on any atom is -0.497 e. The number of fused-ring (bicyclic) bond motifs is 1. The van der Waals surface area contributed by atoms with Gasteiger partial charge in [-0.1, -0.05) is 40.2 Å². The van der Waals surface area contributed by atoms with Gasteiger partial charge in [-0.25, -0.2) is 0 Å². The lowest BCUT2D eigenvalue weighted by molar-refractivity contribution is -0.122. The van der Waals surface area contributed by atoms with Crippen molar-refractivity contribution >= 4 is 71.8 Å². The number of rotatable bonds is 6. The summed E-state index contributed by atoms with van der Waals surface area (Å²) in [6.07, 6.45) is 0.142. The minimum absolute atomic E-state index is 0.0379. The van der Waals surface area contributed by atoms with Crippen LogP contribution in [0.5, 0.6) is 11.5 Å². The topological polar surface area (TPSA) is 88.7 Å². The summed E-state index contributed by atoms with van der Waals surface area (Å²) in [5.41, 5.74) is 5.75. The van der Waals surface area contributed by atoms with E-state index in [-0.39, 0.29) is 24.0 Å². The average molecular weight is 581 g/mol. The summed E-state index contributed by atoms with van der Waals surface area (Å²) < 4.78 is 12.4. The molecule has 166 valence electrons. The quantitative estimate of drug-likeness (QED) is 0.301. The molecule has 3 N–H and O–H groups in total. The van der Waals surface area contributed by atoms with E-state index < -0.39 is 5.91 Å². The van der Waals surface area contributed by atoms with Crippen molar-refractivity contribution in [2.75, 3.05) is 13.7 Å². The van der Waals surface area contributed by atoms with Gasteiger partial charge in [0.1, 0.15) is 11.5 Å². The smallest absolute Gasteiger partial charge is 0.264 e. The van der Waals surface area contributed by atoms with Gasteiger partial charge in [0.25, 0.3) is 5.91 Å². The predicted molar refractivity (Wildman–Crippen MR) is 134 cm³/mol. The van der Waals surface area contributed by atoms with E-state index in [4.69, 9.17) is 21.7 Å². The highest BCUT2D eigenvalue weighted by Crippen LogP contribution is 2.34. The summed E-state index contributed by atoms with van der Waals surface area (Å²) >= 11 is 12.0. The van der Waals surface area contributed by atoms with Crippen molar-refractivity contribution in [3.05, 3.63) is 69.1 Å². The zero-order valence-electron chi connectivity index (χ0n) is 16.9. The number of halogens is 2. The van der Waals surface area contributed by atoms with Crippen LogP contribution in [0.25, 0.3) is 10.8 Å². The van der Waals surface area contributed by atoms with Gasteiger partial charge in [-0.2, -0.15) is 0 Å². The van der Waals surface area contributed by atoms with E-state index >= 15 is 0 Å². The third-order valence-electron chi connectivity index (χ3n) is 4.33. The van der Waals surface area contributed by atoms with Crippen LogP contribution in [0.3, 0.4) is 0 Å². The summed E-state index contributed by atoms with van der Waals surface area (Å²) in [6.45, 7) is -0.248. The van der Waals surface area contributed by atoms with Crippen LogP contribution in [0.1, 0.15) is 5.56 Å². The largest absolute Gasteiger partial charge is 0.497 e. The number of hydrazine groups is 1. The van der Waals surface area contributed by atoms with Crippen LogP contribution in [-0.2, 0) is 16.0 Å². The first kappa shape index (κ1) is 24.0. The van der Waals surface area contributed by atoms with E-state index in [0.717, 1.165) is 25.3 Å². The molecule has 0 saturated carbocycles. The number of carbonyl (C=O) groups is 2. The summed E-state index contributed by atoms with van der Waals surface area (Å²) in [6, 6.07) is 16.7. The van der Waals surface area contributed by atoms with Crippen LogP contribution < -0.4 is 25.6 Å². The Morgan fingerprint density at radius 2 is 1.72 bits per heavy atom. The van der Waals surface area contributed by atoms with Gasteiger partial charge in [-0.3, -0.25) is 25.8 Å². The molecule has 32 heavy (non-hydrogen) atoms. The number of hydrogen-bond acceptors (Lipinski definition) is 5. The summed E-state index contributed by atoms with van der Waals surface area (Å²) in [4.78, 5) is 24.2. The number of hydrogen-bond donors (Lipinski definition) is 3. The highest BCUT2D eigenvalue weighted by molar-refractivity contribution is 9.11. The summed E-state index contributed by atoms with van der Waals surface area (Å²) in [7, 11) is 1.58. The molecule has 7 nitrogen and oxygen atoms in total.